The van der Waals surface area contributed by atoms with Gasteiger partial charge in [0.2, 0.25) is 0 Å². The molecule has 0 bridgehead atoms. The maximum Gasteiger partial charge on any atom is 0.348 e. The van der Waals surface area contributed by atoms with Crippen molar-refractivity contribution in [2.45, 2.75) is 19.4 Å². The molecule has 2 aromatic carbocycles. The van der Waals surface area contributed by atoms with Crippen molar-refractivity contribution in [3.8, 4) is 5.75 Å². The molecule has 0 spiro atoms. The van der Waals surface area contributed by atoms with Crippen LogP contribution in [0.25, 0.3) is 0 Å². The van der Waals surface area contributed by atoms with Gasteiger partial charge in [-0.25, -0.2) is 4.79 Å². The van der Waals surface area contributed by atoms with Gasteiger partial charge in [-0.3, -0.25) is 4.99 Å². The number of hydrogen-bond acceptors (Lipinski definition) is 7. The Labute approximate surface area is 186 Å². The largest absolute Gasteiger partial charge is 0.507 e. The average Bonchev–Trinajstić information content (AvgIpc) is 2.99. The van der Waals surface area contributed by atoms with E-state index in [2.05, 4.69) is 39.8 Å². The molecule has 0 radical (unpaired) electrons. The molecule has 3 aromatic rings. The summed E-state index contributed by atoms with van der Waals surface area (Å²) in [6.45, 7) is 5.61. The van der Waals surface area contributed by atoms with Crippen LogP contribution in [-0.2, 0) is 0 Å². The van der Waals surface area contributed by atoms with Gasteiger partial charge in [-0.2, -0.15) is 0 Å². The van der Waals surface area contributed by atoms with Crippen LogP contribution in [0, 0.1) is 6.92 Å². The van der Waals surface area contributed by atoms with Crippen LogP contribution in [0.5, 0.6) is 5.75 Å². The second-order valence-corrected chi connectivity index (χ2v) is 8.21. The summed E-state index contributed by atoms with van der Waals surface area (Å²) < 4.78 is 5.27. The minimum absolute atomic E-state index is 0.107. The first-order valence-electron chi connectivity index (χ1n) is 10.9. The normalized spacial score (nSPS) is 18.3. The molecular formula is C25H26N4O3. The van der Waals surface area contributed by atoms with E-state index in [9.17, 15) is 9.90 Å². The quantitative estimate of drug-likeness (QED) is 0.587. The summed E-state index contributed by atoms with van der Waals surface area (Å²) in [4.78, 5) is 19.7. The molecule has 1 aromatic heterocycles. The fourth-order valence-electron chi connectivity index (χ4n) is 4.38. The van der Waals surface area contributed by atoms with Gasteiger partial charge < -0.3 is 25.1 Å². The predicted octanol–water partition coefficient (Wildman–Crippen LogP) is 3.74. The fraction of sp³-hybridized carbons (Fsp3) is 0.280. The van der Waals surface area contributed by atoms with Crippen LogP contribution < -0.4 is 21.2 Å². The lowest BCUT2D eigenvalue weighted by Crippen LogP contribution is -2.43. The first-order valence-corrected chi connectivity index (χ1v) is 10.9. The third-order valence-corrected chi connectivity index (χ3v) is 6.01. The summed E-state index contributed by atoms with van der Waals surface area (Å²) in [5, 5.41) is 17.5. The zero-order valence-electron chi connectivity index (χ0n) is 18.0. The Morgan fingerprint density at radius 1 is 1.09 bits per heavy atom. The van der Waals surface area contributed by atoms with E-state index in [4.69, 9.17) is 9.41 Å². The van der Waals surface area contributed by atoms with E-state index in [0.717, 1.165) is 43.1 Å². The minimum Gasteiger partial charge on any atom is -0.507 e. The van der Waals surface area contributed by atoms with E-state index in [-0.39, 0.29) is 17.4 Å². The second kappa shape index (κ2) is 8.51. The number of nitrogens with one attached hydrogen (secondary N) is 2. The lowest BCUT2D eigenvalue weighted by atomic mass is 9.97. The van der Waals surface area contributed by atoms with E-state index < -0.39 is 5.63 Å². The number of piperazine rings is 1. The SMILES string of the molecule is Cc1cc(O)c(C2=Nc3ccccc3N[C@@H](c3ccc(N4CCNCC4)cc3)C2)c(=O)o1. The van der Waals surface area contributed by atoms with E-state index in [1.807, 2.05) is 24.3 Å². The molecule has 1 atom stereocenters. The van der Waals surface area contributed by atoms with Gasteiger partial charge in [0.1, 0.15) is 17.1 Å². The lowest BCUT2D eigenvalue weighted by Gasteiger charge is -2.30. The summed E-state index contributed by atoms with van der Waals surface area (Å²) in [5.74, 6) is 0.258. The highest BCUT2D eigenvalue weighted by atomic mass is 16.4. The van der Waals surface area contributed by atoms with Crippen LogP contribution in [0.3, 0.4) is 0 Å². The second-order valence-electron chi connectivity index (χ2n) is 8.21. The zero-order valence-corrected chi connectivity index (χ0v) is 18.0. The van der Waals surface area contributed by atoms with Gasteiger partial charge in [0, 0.05) is 44.4 Å². The van der Waals surface area contributed by atoms with Gasteiger partial charge >= 0.3 is 5.63 Å². The summed E-state index contributed by atoms with van der Waals surface area (Å²) in [7, 11) is 0. The summed E-state index contributed by atoms with van der Waals surface area (Å²) in [6.07, 6.45) is 0.434. The predicted molar refractivity (Wildman–Crippen MR) is 127 cm³/mol. The van der Waals surface area contributed by atoms with Crippen LogP contribution in [0.1, 0.15) is 29.3 Å². The first kappa shape index (κ1) is 20.3. The third kappa shape index (κ3) is 3.99. The molecule has 0 unspecified atom stereocenters. The molecule has 3 N–H and O–H groups in total. The highest BCUT2D eigenvalue weighted by molar-refractivity contribution is 6.05. The highest BCUT2D eigenvalue weighted by Crippen LogP contribution is 2.36. The number of benzene rings is 2. The van der Waals surface area contributed by atoms with Gasteiger partial charge in [0.15, 0.2) is 0 Å². The Hall–Kier alpha value is -3.58. The van der Waals surface area contributed by atoms with Crippen molar-refractivity contribution < 1.29 is 9.52 Å². The Morgan fingerprint density at radius 3 is 2.59 bits per heavy atom. The van der Waals surface area contributed by atoms with Gasteiger partial charge in [-0.15, -0.1) is 0 Å². The highest BCUT2D eigenvalue weighted by Gasteiger charge is 2.25. The van der Waals surface area contributed by atoms with E-state index in [1.54, 1.807) is 6.92 Å². The van der Waals surface area contributed by atoms with E-state index in [1.165, 1.54) is 11.8 Å². The summed E-state index contributed by atoms with van der Waals surface area (Å²) in [5.41, 5.74) is 3.95. The molecule has 1 fully saturated rings. The molecule has 0 amide bonds. The lowest BCUT2D eigenvalue weighted by molar-refractivity contribution is 0.432. The van der Waals surface area contributed by atoms with Crippen LogP contribution in [0.2, 0.25) is 0 Å². The van der Waals surface area contributed by atoms with Crippen LogP contribution >= 0.6 is 0 Å². The summed E-state index contributed by atoms with van der Waals surface area (Å²) in [6, 6.07) is 17.6. The van der Waals surface area contributed by atoms with Crippen molar-refractivity contribution >= 4 is 22.8 Å². The number of aliphatic imine (C=N–C) groups is 1. The molecule has 2 aliphatic heterocycles. The van der Waals surface area contributed by atoms with Crippen molar-refractivity contribution in [2.75, 3.05) is 36.4 Å². The topological polar surface area (TPSA) is 90.1 Å². The molecule has 1 saturated heterocycles. The minimum atomic E-state index is -0.576. The molecule has 0 saturated carbocycles. The molecule has 5 rings (SSSR count). The Kier molecular flexibility index (Phi) is 5.41. The molecular weight excluding hydrogens is 404 g/mol. The number of nitrogens with zero attached hydrogens (tertiary/aromatic N) is 2. The average molecular weight is 431 g/mol. The molecule has 32 heavy (non-hydrogen) atoms. The Balaban J connectivity index is 1.52. The molecule has 7 nitrogen and oxygen atoms in total. The molecule has 164 valence electrons. The monoisotopic (exact) mass is 430 g/mol. The third-order valence-electron chi connectivity index (χ3n) is 6.01. The summed E-state index contributed by atoms with van der Waals surface area (Å²) >= 11 is 0. The molecule has 3 heterocycles. The van der Waals surface area contributed by atoms with Crippen molar-refractivity contribution in [3.05, 3.63) is 81.9 Å². The maximum absolute atomic E-state index is 12.6. The van der Waals surface area contributed by atoms with Crippen LogP contribution in [-0.4, -0.2) is 37.0 Å². The van der Waals surface area contributed by atoms with Crippen LogP contribution in [0.15, 0.2) is 68.8 Å². The van der Waals surface area contributed by atoms with Gasteiger partial charge in [0.05, 0.1) is 23.1 Å². The number of fused-ring (bicyclic) bond motifs is 1. The van der Waals surface area contributed by atoms with Crippen LogP contribution in [0.4, 0.5) is 17.1 Å². The first-order chi connectivity index (χ1) is 15.6. The molecule has 7 heteroatoms. The van der Waals surface area contributed by atoms with Gasteiger partial charge in [-0.1, -0.05) is 24.3 Å². The van der Waals surface area contributed by atoms with E-state index in [0.29, 0.717) is 17.9 Å². The number of hydrogen-bond donors (Lipinski definition) is 3. The van der Waals surface area contributed by atoms with Crippen molar-refractivity contribution in [1.82, 2.24) is 5.32 Å². The number of anilines is 2. The number of rotatable bonds is 3. The number of para-hydroxylation sites is 2. The molecule has 2 aliphatic rings. The maximum atomic E-state index is 12.6. The van der Waals surface area contributed by atoms with Crippen molar-refractivity contribution in [2.24, 2.45) is 4.99 Å². The van der Waals surface area contributed by atoms with Gasteiger partial charge in [-0.05, 0) is 36.8 Å². The molecule has 0 aliphatic carbocycles. The number of aromatic hydroxyl groups is 1. The number of aryl methyl sites for hydroxylation is 1. The van der Waals surface area contributed by atoms with E-state index >= 15 is 0 Å². The Bertz CT molecular complexity index is 1210. The smallest absolute Gasteiger partial charge is 0.348 e. The van der Waals surface area contributed by atoms with Crippen molar-refractivity contribution in [3.63, 3.8) is 0 Å². The van der Waals surface area contributed by atoms with Gasteiger partial charge in [0.25, 0.3) is 0 Å². The van der Waals surface area contributed by atoms with Crippen molar-refractivity contribution in [1.29, 1.82) is 0 Å². The fourth-order valence-corrected chi connectivity index (χ4v) is 4.38. The standard InChI is InChI=1S/C25H26N4O3/c1-16-14-23(30)24(25(31)32-16)22-15-21(27-19-4-2-3-5-20(19)28-22)17-6-8-18(9-7-17)29-12-10-26-11-13-29/h2-9,14,21,26-27,30H,10-13,15H2,1H3/t21-/m1/s1. The Morgan fingerprint density at radius 2 is 1.84 bits per heavy atom. The zero-order chi connectivity index (χ0) is 22.1.